The van der Waals surface area contributed by atoms with Crippen LogP contribution in [0.1, 0.15) is 24.4 Å². The molecule has 4 unspecified atom stereocenters. The minimum absolute atomic E-state index is 0.0940. The summed E-state index contributed by atoms with van der Waals surface area (Å²) in [5.74, 6) is -0.149. The van der Waals surface area contributed by atoms with Gasteiger partial charge in [0.25, 0.3) is 0 Å². The van der Waals surface area contributed by atoms with E-state index in [2.05, 4.69) is 31.5 Å². The van der Waals surface area contributed by atoms with Crippen molar-refractivity contribution in [2.24, 2.45) is 18.4 Å². The molecule has 0 radical (unpaired) electrons. The molecule has 166 valence electrons. The van der Waals surface area contributed by atoms with Crippen LogP contribution in [0.3, 0.4) is 0 Å². The number of aromatic nitrogens is 2. The summed E-state index contributed by atoms with van der Waals surface area (Å²) >= 11 is 6.77. The van der Waals surface area contributed by atoms with Crippen LogP contribution in [0.2, 0.25) is 5.02 Å². The summed E-state index contributed by atoms with van der Waals surface area (Å²) in [6.45, 7) is 4.28. The molecule has 1 spiro atoms. The molecule has 4 aliphatic rings. The summed E-state index contributed by atoms with van der Waals surface area (Å²) in [4.78, 5) is 17.8. The Morgan fingerprint density at radius 3 is 2.65 bits per heavy atom. The topological polar surface area (TPSA) is 89.5 Å². The summed E-state index contributed by atoms with van der Waals surface area (Å²) < 4.78 is 1.76. The Morgan fingerprint density at radius 1 is 1.16 bits per heavy atom. The highest BCUT2D eigenvalue weighted by Crippen LogP contribution is 2.40. The van der Waals surface area contributed by atoms with Crippen molar-refractivity contribution in [1.29, 1.82) is 0 Å². The van der Waals surface area contributed by atoms with Gasteiger partial charge in [0.1, 0.15) is 6.29 Å². The van der Waals surface area contributed by atoms with E-state index in [9.17, 15) is 4.79 Å². The van der Waals surface area contributed by atoms with Crippen molar-refractivity contribution in [2.75, 3.05) is 33.2 Å². The lowest BCUT2D eigenvalue weighted by molar-refractivity contribution is -0.152. The first-order valence-corrected chi connectivity index (χ1v) is 11.4. The van der Waals surface area contributed by atoms with Crippen LogP contribution in [0.5, 0.6) is 0 Å². The fraction of sp³-hybridized carbons (Fsp3) is 0.619. The first-order chi connectivity index (χ1) is 15.0. The number of piperidine rings is 1. The van der Waals surface area contributed by atoms with Crippen molar-refractivity contribution in [3.05, 3.63) is 28.9 Å². The van der Waals surface area contributed by atoms with E-state index >= 15 is 0 Å². The second kappa shape index (κ2) is 7.13. The van der Waals surface area contributed by atoms with Gasteiger partial charge in [-0.2, -0.15) is 5.10 Å². The molecule has 4 aliphatic heterocycles. The van der Waals surface area contributed by atoms with E-state index < -0.39 is 0 Å². The second-order valence-electron chi connectivity index (χ2n) is 9.60. The van der Waals surface area contributed by atoms with Crippen LogP contribution in [-0.2, 0) is 11.8 Å². The number of fused-ring (bicyclic) bond motifs is 2. The molecule has 2 aromatic rings. The quantitative estimate of drug-likeness (QED) is 0.531. The number of hydrogen-bond donors (Lipinski definition) is 4. The van der Waals surface area contributed by atoms with Crippen molar-refractivity contribution < 1.29 is 4.79 Å². The summed E-state index contributed by atoms with van der Waals surface area (Å²) in [5, 5.41) is 13.1. The highest BCUT2D eigenvalue weighted by molar-refractivity contribution is 6.36. The normalized spacial score (nSPS) is 33.1. The van der Waals surface area contributed by atoms with Crippen LogP contribution in [-0.4, -0.2) is 71.2 Å². The maximum atomic E-state index is 13.5. The number of hydrogen-bond acceptors (Lipinski definition) is 7. The van der Waals surface area contributed by atoms with E-state index in [-0.39, 0.29) is 30.3 Å². The fourth-order valence-electron chi connectivity index (χ4n) is 5.74. The molecular weight excluding hydrogens is 416 g/mol. The number of carbonyl (C=O) groups is 1. The number of likely N-dealkylation sites (tertiary alicyclic amines) is 1. The van der Waals surface area contributed by atoms with E-state index in [1.807, 2.05) is 37.3 Å². The molecular formula is C21H29ClN8O. The number of aryl methyl sites for hydroxylation is 1. The Morgan fingerprint density at radius 2 is 1.94 bits per heavy atom. The lowest BCUT2D eigenvalue weighted by Crippen LogP contribution is -2.70. The molecule has 6 rings (SSSR count). The van der Waals surface area contributed by atoms with Gasteiger partial charge < -0.3 is 10.2 Å². The van der Waals surface area contributed by atoms with Crippen molar-refractivity contribution in [3.8, 4) is 0 Å². The van der Waals surface area contributed by atoms with Gasteiger partial charge in [0, 0.05) is 51.9 Å². The van der Waals surface area contributed by atoms with Crippen LogP contribution in [0.15, 0.2) is 18.3 Å². The molecule has 31 heavy (non-hydrogen) atoms. The van der Waals surface area contributed by atoms with Gasteiger partial charge in [-0.05, 0) is 29.9 Å². The summed E-state index contributed by atoms with van der Waals surface area (Å²) in [6, 6.07) is 3.74. The molecule has 0 aliphatic carbocycles. The lowest BCUT2D eigenvalue weighted by Gasteiger charge is -2.52. The van der Waals surface area contributed by atoms with Crippen LogP contribution in [0, 0.1) is 11.3 Å². The van der Waals surface area contributed by atoms with Gasteiger partial charge in [-0.3, -0.25) is 19.7 Å². The third-order valence-electron chi connectivity index (χ3n) is 7.75. The Balaban J connectivity index is 1.23. The van der Waals surface area contributed by atoms with E-state index in [1.54, 1.807) is 4.68 Å². The predicted octanol–water partition coefficient (Wildman–Crippen LogP) is 0.349. The fourth-order valence-corrected chi connectivity index (χ4v) is 6.07. The Labute approximate surface area is 186 Å². The molecule has 0 saturated carbocycles. The molecule has 10 heteroatoms. The van der Waals surface area contributed by atoms with Crippen molar-refractivity contribution in [3.63, 3.8) is 0 Å². The molecule has 0 bridgehead atoms. The largest absolute Gasteiger partial charge is 0.317 e. The number of nitrogens with one attached hydrogen (secondary N) is 4. The predicted molar refractivity (Wildman–Crippen MR) is 118 cm³/mol. The molecule has 4 fully saturated rings. The van der Waals surface area contributed by atoms with Gasteiger partial charge in [-0.15, -0.1) is 0 Å². The van der Waals surface area contributed by atoms with Crippen LogP contribution >= 0.6 is 11.6 Å². The molecule has 4 N–H and O–H groups in total. The molecule has 4 saturated heterocycles. The van der Waals surface area contributed by atoms with Crippen molar-refractivity contribution in [1.82, 2.24) is 41.1 Å². The minimum atomic E-state index is -0.278. The molecule has 1 amide bonds. The van der Waals surface area contributed by atoms with Crippen molar-refractivity contribution >= 4 is 28.4 Å². The third-order valence-corrected chi connectivity index (χ3v) is 8.17. The Bertz CT molecular complexity index is 1030. The first-order valence-electron chi connectivity index (χ1n) is 11.1. The number of nitrogens with zero attached hydrogens (tertiary/aromatic N) is 4. The van der Waals surface area contributed by atoms with Gasteiger partial charge in [0.15, 0.2) is 0 Å². The number of carbonyl (C=O) groups excluding carboxylic acids is 1. The van der Waals surface area contributed by atoms with E-state index in [0.29, 0.717) is 10.4 Å². The SMILES string of the molecule is CN1C(=O)C2C(NNC2c2ccc3nn(C)cc3c2Cl)NC1N1CCC2(CC1)CNC2. The van der Waals surface area contributed by atoms with E-state index in [0.717, 1.165) is 42.6 Å². The van der Waals surface area contributed by atoms with Gasteiger partial charge in [-0.25, -0.2) is 10.9 Å². The zero-order valence-corrected chi connectivity index (χ0v) is 18.6. The molecule has 1 aromatic carbocycles. The van der Waals surface area contributed by atoms with Crippen LogP contribution in [0.25, 0.3) is 10.9 Å². The molecule has 4 atom stereocenters. The molecule has 9 nitrogen and oxygen atoms in total. The minimum Gasteiger partial charge on any atom is -0.317 e. The zero-order chi connectivity index (χ0) is 21.3. The summed E-state index contributed by atoms with van der Waals surface area (Å²) in [6.07, 6.45) is 4.04. The van der Waals surface area contributed by atoms with E-state index in [4.69, 9.17) is 11.6 Å². The summed E-state index contributed by atoms with van der Waals surface area (Å²) in [7, 11) is 3.79. The Kier molecular flexibility index (Phi) is 4.58. The average Bonchev–Trinajstić information content (AvgIpc) is 3.33. The highest BCUT2D eigenvalue weighted by atomic mass is 35.5. The number of halogens is 1. The van der Waals surface area contributed by atoms with Crippen molar-refractivity contribution in [2.45, 2.75) is 31.3 Å². The number of rotatable bonds is 2. The average molecular weight is 445 g/mol. The molecule has 1 aromatic heterocycles. The summed E-state index contributed by atoms with van der Waals surface area (Å²) in [5.41, 5.74) is 8.91. The third kappa shape index (κ3) is 3.02. The molecule has 5 heterocycles. The number of benzene rings is 1. The van der Waals surface area contributed by atoms with Gasteiger partial charge in [-0.1, -0.05) is 17.7 Å². The van der Waals surface area contributed by atoms with Crippen LogP contribution in [0.4, 0.5) is 0 Å². The number of amides is 1. The smallest absolute Gasteiger partial charge is 0.232 e. The maximum Gasteiger partial charge on any atom is 0.232 e. The highest BCUT2D eigenvalue weighted by Gasteiger charge is 2.51. The first kappa shape index (κ1) is 19.9. The van der Waals surface area contributed by atoms with Gasteiger partial charge in [0.05, 0.1) is 28.7 Å². The standard InChI is InChI=1S/C21H29ClN8O/c1-28-9-13-14(27-28)4-3-12(16(13)22)17-15-18(26-25-17)24-20(29(2)19(15)31)30-7-5-21(6-8-30)10-23-11-21/h3-4,9,15,17-18,20,23-26H,5-8,10-11H2,1-2H3. The monoisotopic (exact) mass is 444 g/mol. The number of hydrazine groups is 1. The second-order valence-corrected chi connectivity index (χ2v) is 9.98. The van der Waals surface area contributed by atoms with Crippen LogP contribution < -0.4 is 21.5 Å². The Hall–Kier alpha value is -1.75. The van der Waals surface area contributed by atoms with E-state index in [1.165, 1.54) is 12.8 Å². The lowest BCUT2D eigenvalue weighted by atomic mass is 9.73. The maximum absolute atomic E-state index is 13.5. The van der Waals surface area contributed by atoms with Gasteiger partial charge in [0.2, 0.25) is 5.91 Å². The zero-order valence-electron chi connectivity index (χ0n) is 17.9. The van der Waals surface area contributed by atoms with Gasteiger partial charge >= 0.3 is 0 Å².